The van der Waals surface area contributed by atoms with Crippen molar-refractivity contribution in [3.05, 3.63) is 34.6 Å². The monoisotopic (exact) mass is 282 g/mol. The normalized spacial score (nSPS) is 18.8. The molecule has 1 aliphatic rings. The predicted octanol–water partition coefficient (Wildman–Crippen LogP) is 6.12. The minimum Gasteiger partial charge on any atom is -0.207 e. The molecule has 0 unspecified atom stereocenters. The highest BCUT2D eigenvalue weighted by atomic mass is 35.5. The Morgan fingerprint density at radius 2 is 1.89 bits per heavy atom. The second-order valence-corrected chi connectivity index (χ2v) is 6.78. The lowest BCUT2D eigenvalue weighted by molar-refractivity contribution is 0.250. The Labute approximate surface area is 121 Å². The van der Waals surface area contributed by atoms with Crippen molar-refractivity contribution in [3.8, 4) is 0 Å². The molecule has 0 spiro atoms. The fraction of sp³-hybridized carbons (Fsp3) is 0.647. The Hall–Kier alpha value is -0.560. The number of halogens is 2. The van der Waals surface area contributed by atoms with Gasteiger partial charge in [-0.1, -0.05) is 57.2 Å². The molecule has 1 aromatic carbocycles. The van der Waals surface area contributed by atoms with E-state index in [1.807, 2.05) is 6.07 Å². The van der Waals surface area contributed by atoms with Crippen molar-refractivity contribution < 1.29 is 4.39 Å². The summed E-state index contributed by atoms with van der Waals surface area (Å²) in [5.41, 5.74) is 0.766. The van der Waals surface area contributed by atoms with Crippen molar-refractivity contribution in [1.29, 1.82) is 0 Å². The van der Waals surface area contributed by atoms with Crippen LogP contribution in [0.25, 0.3) is 0 Å². The molecule has 0 amide bonds. The Bertz CT molecular complexity index is 399. The van der Waals surface area contributed by atoms with Crippen molar-refractivity contribution >= 4 is 11.6 Å². The van der Waals surface area contributed by atoms with Crippen molar-refractivity contribution in [2.45, 2.75) is 64.2 Å². The van der Waals surface area contributed by atoms with Gasteiger partial charge in [-0.2, -0.15) is 0 Å². The van der Waals surface area contributed by atoms with Gasteiger partial charge in [0.2, 0.25) is 0 Å². The summed E-state index contributed by atoms with van der Waals surface area (Å²) in [5, 5.41) is 0.616. The SMILES string of the molecule is CC(C)CCC1(c2c(F)cccc2Cl)CCCCC1. The predicted molar refractivity (Wildman–Crippen MR) is 80.2 cm³/mol. The molecule has 0 atom stereocenters. The highest BCUT2D eigenvalue weighted by Crippen LogP contribution is 2.47. The van der Waals surface area contributed by atoms with Gasteiger partial charge in [-0.3, -0.25) is 0 Å². The topological polar surface area (TPSA) is 0 Å². The molecule has 0 aromatic heterocycles. The van der Waals surface area contributed by atoms with Gasteiger partial charge in [0, 0.05) is 10.6 Å². The van der Waals surface area contributed by atoms with Crippen LogP contribution in [0, 0.1) is 11.7 Å². The van der Waals surface area contributed by atoms with E-state index in [4.69, 9.17) is 11.6 Å². The average molecular weight is 283 g/mol. The molecule has 0 nitrogen and oxygen atoms in total. The first kappa shape index (κ1) is 14.8. The molecule has 0 heterocycles. The summed E-state index contributed by atoms with van der Waals surface area (Å²) in [7, 11) is 0. The maximum atomic E-state index is 14.3. The third-order valence-electron chi connectivity index (χ3n) is 4.50. The van der Waals surface area contributed by atoms with Crippen LogP contribution < -0.4 is 0 Å². The van der Waals surface area contributed by atoms with E-state index >= 15 is 0 Å². The van der Waals surface area contributed by atoms with Crippen LogP contribution in [0.15, 0.2) is 18.2 Å². The maximum absolute atomic E-state index is 14.3. The molecule has 2 heteroatoms. The Kier molecular flexibility index (Phi) is 4.89. The van der Waals surface area contributed by atoms with E-state index < -0.39 is 0 Å². The molecule has 1 fully saturated rings. The van der Waals surface area contributed by atoms with Crippen molar-refractivity contribution in [2.75, 3.05) is 0 Å². The van der Waals surface area contributed by atoms with E-state index in [0.717, 1.165) is 31.2 Å². The smallest absolute Gasteiger partial charge is 0.128 e. The van der Waals surface area contributed by atoms with Gasteiger partial charge in [-0.15, -0.1) is 0 Å². The lowest BCUT2D eigenvalue weighted by Crippen LogP contribution is -2.31. The first-order valence-corrected chi connectivity index (χ1v) is 7.87. The summed E-state index contributed by atoms with van der Waals surface area (Å²) in [6, 6.07) is 5.11. The van der Waals surface area contributed by atoms with Crippen molar-refractivity contribution in [3.63, 3.8) is 0 Å². The highest BCUT2D eigenvalue weighted by molar-refractivity contribution is 6.31. The van der Waals surface area contributed by atoms with Gasteiger partial charge in [0.1, 0.15) is 5.82 Å². The molecule has 1 aromatic rings. The van der Waals surface area contributed by atoms with Crippen LogP contribution in [0.3, 0.4) is 0 Å². The molecule has 0 aliphatic heterocycles. The largest absolute Gasteiger partial charge is 0.207 e. The van der Waals surface area contributed by atoms with Crippen LogP contribution in [0.4, 0.5) is 4.39 Å². The molecule has 0 N–H and O–H groups in total. The van der Waals surface area contributed by atoms with Crippen LogP contribution in [-0.4, -0.2) is 0 Å². The molecular weight excluding hydrogens is 259 g/mol. The summed E-state index contributed by atoms with van der Waals surface area (Å²) in [6.07, 6.45) is 8.04. The van der Waals surface area contributed by atoms with Crippen LogP contribution in [-0.2, 0) is 5.41 Å². The summed E-state index contributed by atoms with van der Waals surface area (Å²) in [4.78, 5) is 0. The fourth-order valence-corrected chi connectivity index (χ4v) is 3.79. The van der Waals surface area contributed by atoms with E-state index in [2.05, 4.69) is 13.8 Å². The zero-order valence-electron chi connectivity index (χ0n) is 12.0. The third kappa shape index (κ3) is 3.31. The molecule has 1 saturated carbocycles. The van der Waals surface area contributed by atoms with Gasteiger partial charge in [-0.05, 0) is 42.7 Å². The second-order valence-electron chi connectivity index (χ2n) is 6.37. The minimum absolute atomic E-state index is 0.0229. The zero-order chi connectivity index (χ0) is 13.9. The molecule has 0 radical (unpaired) electrons. The summed E-state index contributed by atoms with van der Waals surface area (Å²) in [6.45, 7) is 4.47. The summed E-state index contributed by atoms with van der Waals surface area (Å²) in [5.74, 6) is 0.544. The lowest BCUT2D eigenvalue weighted by atomic mass is 9.66. The highest BCUT2D eigenvalue weighted by Gasteiger charge is 2.37. The molecule has 2 rings (SSSR count). The first-order valence-electron chi connectivity index (χ1n) is 7.50. The van der Waals surface area contributed by atoms with Crippen LogP contribution >= 0.6 is 11.6 Å². The standard InChI is InChI=1S/C17H24ClF/c1-13(2)9-12-17(10-4-3-5-11-17)16-14(18)7-6-8-15(16)19/h6-8,13H,3-5,9-12H2,1-2H3. The second kappa shape index (κ2) is 6.26. The van der Waals surface area contributed by atoms with Crippen molar-refractivity contribution in [1.82, 2.24) is 0 Å². The van der Waals surface area contributed by atoms with E-state index in [1.54, 1.807) is 12.1 Å². The van der Waals surface area contributed by atoms with Gasteiger partial charge < -0.3 is 0 Å². The molecular formula is C17H24ClF. The van der Waals surface area contributed by atoms with E-state index in [1.165, 1.54) is 19.3 Å². The maximum Gasteiger partial charge on any atom is 0.128 e. The lowest BCUT2D eigenvalue weighted by Gasteiger charge is -2.39. The van der Waals surface area contributed by atoms with Gasteiger partial charge in [0.15, 0.2) is 0 Å². The number of hydrogen-bond acceptors (Lipinski definition) is 0. The van der Waals surface area contributed by atoms with Gasteiger partial charge in [0.25, 0.3) is 0 Å². The molecule has 1 aliphatic carbocycles. The van der Waals surface area contributed by atoms with E-state index in [9.17, 15) is 4.39 Å². The number of benzene rings is 1. The fourth-order valence-electron chi connectivity index (χ4n) is 3.42. The molecule has 19 heavy (non-hydrogen) atoms. The molecule has 106 valence electrons. The van der Waals surface area contributed by atoms with Gasteiger partial charge >= 0.3 is 0 Å². The summed E-state index contributed by atoms with van der Waals surface area (Å²) < 4.78 is 14.3. The molecule has 0 saturated heterocycles. The average Bonchev–Trinajstić information content (AvgIpc) is 2.37. The Morgan fingerprint density at radius 3 is 2.47 bits per heavy atom. The van der Waals surface area contributed by atoms with E-state index in [-0.39, 0.29) is 11.2 Å². The molecule has 0 bridgehead atoms. The van der Waals surface area contributed by atoms with Crippen molar-refractivity contribution in [2.24, 2.45) is 5.92 Å². The first-order chi connectivity index (χ1) is 9.05. The summed E-state index contributed by atoms with van der Waals surface area (Å²) >= 11 is 6.33. The van der Waals surface area contributed by atoms with Crippen LogP contribution in [0.2, 0.25) is 5.02 Å². The Morgan fingerprint density at radius 1 is 1.21 bits per heavy atom. The third-order valence-corrected chi connectivity index (χ3v) is 4.82. The number of hydrogen-bond donors (Lipinski definition) is 0. The zero-order valence-corrected chi connectivity index (χ0v) is 12.8. The number of rotatable bonds is 4. The Balaban J connectivity index is 2.36. The van der Waals surface area contributed by atoms with Crippen LogP contribution in [0.5, 0.6) is 0 Å². The van der Waals surface area contributed by atoms with Crippen LogP contribution in [0.1, 0.15) is 64.4 Å². The minimum atomic E-state index is -0.113. The van der Waals surface area contributed by atoms with Gasteiger partial charge in [0.05, 0.1) is 0 Å². The van der Waals surface area contributed by atoms with Gasteiger partial charge in [-0.25, -0.2) is 4.39 Å². The quantitative estimate of drug-likeness (QED) is 0.624. The van der Waals surface area contributed by atoms with E-state index in [0.29, 0.717) is 10.9 Å².